The van der Waals surface area contributed by atoms with Gasteiger partial charge in [0.05, 0.1) is 11.0 Å². The molecule has 0 unspecified atom stereocenters. The number of benzene rings is 1. The molecule has 7 atom stereocenters. The van der Waals surface area contributed by atoms with Crippen LogP contribution in [0.25, 0.3) is 22.3 Å². The highest BCUT2D eigenvalue weighted by Gasteiger charge is 2.47. The summed E-state index contributed by atoms with van der Waals surface area (Å²) in [7, 11) is 0. The van der Waals surface area contributed by atoms with Gasteiger partial charge < -0.3 is 9.55 Å². The Labute approximate surface area is 218 Å². The number of rotatable bonds is 3. The van der Waals surface area contributed by atoms with Crippen molar-refractivity contribution < 1.29 is 0 Å². The number of hydrogen-bond donors (Lipinski definition) is 1. The maximum absolute atomic E-state index is 14.1. The number of H-pyrrole nitrogens is 1. The van der Waals surface area contributed by atoms with Gasteiger partial charge in [-0.1, -0.05) is 38.3 Å². The molecule has 7 rings (SSSR count). The van der Waals surface area contributed by atoms with E-state index in [0.29, 0.717) is 29.3 Å². The zero-order valence-corrected chi connectivity index (χ0v) is 21.8. The van der Waals surface area contributed by atoms with Crippen LogP contribution in [0.1, 0.15) is 77.2 Å². The summed E-state index contributed by atoms with van der Waals surface area (Å²) in [6.45, 7) is 2.44. The second-order valence-electron chi connectivity index (χ2n) is 12.4. The minimum Gasteiger partial charge on any atom is -0.328 e. The molecule has 2 aromatic heterocycles. The fourth-order valence-electron chi connectivity index (χ4n) is 8.63. The molecule has 4 fully saturated rings. The second kappa shape index (κ2) is 9.23. The van der Waals surface area contributed by atoms with Gasteiger partial charge in [0.2, 0.25) is 5.56 Å². The molecule has 4 bridgehead atoms. The maximum Gasteiger partial charge on any atom is 0.277 e. The number of para-hydroxylation sites is 2. The molecule has 0 spiro atoms. The van der Waals surface area contributed by atoms with Crippen molar-refractivity contribution in [3.05, 3.63) is 63.3 Å². The van der Waals surface area contributed by atoms with Gasteiger partial charge in [0.15, 0.2) is 0 Å². The maximum atomic E-state index is 14.1. The van der Waals surface area contributed by atoms with Crippen LogP contribution in [0.4, 0.5) is 0 Å². The van der Waals surface area contributed by atoms with Crippen molar-refractivity contribution in [1.29, 1.82) is 0 Å². The smallest absolute Gasteiger partial charge is 0.277 e. The molecule has 37 heavy (non-hydrogen) atoms. The van der Waals surface area contributed by atoms with E-state index in [2.05, 4.69) is 21.4 Å². The average Bonchev–Trinajstić information content (AvgIpc) is 2.90. The number of aromatic amines is 1. The van der Waals surface area contributed by atoms with Gasteiger partial charge in [0.25, 0.3) is 5.56 Å². The summed E-state index contributed by atoms with van der Waals surface area (Å²) >= 11 is 0. The number of fused-ring (bicyclic) bond motifs is 5. The van der Waals surface area contributed by atoms with E-state index in [1.165, 1.54) is 57.4 Å². The third kappa shape index (κ3) is 4.08. The SMILES string of the molecule is C[C@@H]1CC[C@H]2C[C@@H](n3c(=O)c(-c4ccc(=O)[nH]c4)nc4ccccc43)C[C@@H]1N2[C@H]1C[C@@H]2CCC[C@@H](C2)C1. The number of nitrogens with zero attached hydrogens (tertiary/aromatic N) is 3. The topological polar surface area (TPSA) is 71.0 Å². The summed E-state index contributed by atoms with van der Waals surface area (Å²) in [4.78, 5) is 36.2. The number of hydrogen-bond acceptors (Lipinski definition) is 4. The normalized spacial score (nSPS) is 33.9. The van der Waals surface area contributed by atoms with Crippen LogP contribution in [-0.2, 0) is 0 Å². The van der Waals surface area contributed by atoms with E-state index in [-0.39, 0.29) is 17.2 Å². The molecule has 0 amide bonds. The Hall–Kier alpha value is -2.73. The first-order valence-electron chi connectivity index (χ1n) is 14.5. The summed E-state index contributed by atoms with van der Waals surface area (Å²) in [5.74, 6) is 2.51. The molecule has 2 saturated heterocycles. The summed E-state index contributed by atoms with van der Waals surface area (Å²) < 4.78 is 2.06. The highest BCUT2D eigenvalue weighted by atomic mass is 16.1. The standard InChI is InChI=1S/C31H38N4O2/c1-19-9-11-23-16-25(17-28(19)34(23)24-14-20-5-4-6-21(13-20)15-24)35-27-8-3-2-7-26(27)33-30(31(35)37)22-10-12-29(36)32-18-22/h2-3,7-8,10,12,18-21,23-25,28H,4-6,9,11,13-17H2,1H3,(H,32,36)/t19-,20-,21+,23+,24+,25-,28+/m1/s1. The van der Waals surface area contributed by atoms with E-state index in [1.807, 2.05) is 24.3 Å². The Morgan fingerprint density at radius 3 is 2.43 bits per heavy atom. The van der Waals surface area contributed by atoms with E-state index in [1.54, 1.807) is 12.3 Å². The second-order valence-corrected chi connectivity index (χ2v) is 12.4. The minimum atomic E-state index is -0.175. The number of piperidine rings is 2. The zero-order chi connectivity index (χ0) is 25.1. The molecule has 3 aromatic rings. The first-order valence-corrected chi connectivity index (χ1v) is 14.5. The molecule has 0 radical (unpaired) electrons. The Morgan fingerprint density at radius 1 is 0.838 bits per heavy atom. The lowest BCUT2D eigenvalue weighted by atomic mass is 9.67. The zero-order valence-electron chi connectivity index (χ0n) is 21.8. The van der Waals surface area contributed by atoms with Crippen molar-refractivity contribution >= 4 is 11.0 Å². The molecule has 194 valence electrons. The van der Waals surface area contributed by atoms with Crippen molar-refractivity contribution in [2.45, 2.75) is 95.3 Å². The van der Waals surface area contributed by atoms with Gasteiger partial charge in [0.1, 0.15) is 5.69 Å². The first kappa shape index (κ1) is 23.4. The van der Waals surface area contributed by atoms with Gasteiger partial charge in [-0.3, -0.25) is 14.5 Å². The van der Waals surface area contributed by atoms with Crippen LogP contribution >= 0.6 is 0 Å². The van der Waals surface area contributed by atoms with E-state index in [9.17, 15) is 9.59 Å². The third-order valence-electron chi connectivity index (χ3n) is 10.2. The molecule has 6 heteroatoms. The van der Waals surface area contributed by atoms with Crippen LogP contribution in [0.3, 0.4) is 0 Å². The molecule has 2 saturated carbocycles. The highest BCUT2D eigenvalue weighted by molar-refractivity contribution is 5.77. The lowest BCUT2D eigenvalue weighted by Crippen LogP contribution is -2.61. The van der Waals surface area contributed by atoms with Gasteiger partial charge in [-0.25, -0.2) is 4.98 Å². The highest BCUT2D eigenvalue weighted by Crippen LogP contribution is 2.48. The van der Waals surface area contributed by atoms with Gasteiger partial charge in [-0.05, 0) is 80.9 Å². The van der Waals surface area contributed by atoms with Crippen LogP contribution in [-0.4, -0.2) is 37.6 Å². The largest absolute Gasteiger partial charge is 0.328 e. The van der Waals surface area contributed by atoms with Crippen molar-refractivity contribution in [3.8, 4) is 11.3 Å². The molecule has 2 aliphatic heterocycles. The van der Waals surface area contributed by atoms with Gasteiger partial charge in [-0.15, -0.1) is 0 Å². The van der Waals surface area contributed by atoms with Gasteiger partial charge in [0, 0.05) is 42.0 Å². The Balaban J connectivity index is 1.28. The quantitative estimate of drug-likeness (QED) is 0.516. The van der Waals surface area contributed by atoms with Crippen molar-refractivity contribution in [2.24, 2.45) is 17.8 Å². The van der Waals surface area contributed by atoms with Crippen molar-refractivity contribution in [3.63, 3.8) is 0 Å². The molecule has 1 N–H and O–H groups in total. The van der Waals surface area contributed by atoms with Crippen LogP contribution < -0.4 is 11.1 Å². The monoisotopic (exact) mass is 498 g/mol. The van der Waals surface area contributed by atoms with Gasteiger partial charge in [-0.2, -0.15) is 0 Å². The van der Waals surface area contributed by atoms with Crippen LogP contribution in [0, 0.1) is 17.8 Å². The summed E-state index contributed by atoms with van der Waals surface area (Å²) in [6.07, 6.45) is 14.7. The third-order valence-corrected chi connectivity index (χ3v) is 10.2. The Kier molecular flexibility index (Phi) is 5.83. The molecule has 6 nitrogen and oxygen atoms in total. The van der Waals surface area contributed by atoms with E-state index >= 15 is 0 Å². The van der Waals surface area contributed by atoms with E-state index in [4.69, 9.17) is 4.98 Å². The number of aromatic nitrogens is 3. The molecular weight excluding hydrogens is 460 g/mol. The molecule has 1 aromatic carbocycles. The average molecular weight is 499 g/mol. The molecule has 4 heterocycles. The molecule has 2 aliphatic carbocycles. The molecule has 4 aliphatic rings. The Bertz CT molecular complexity index is 1390. The molecular formula is C31H38N4O2. The lowest BCUT2D eigenvalue weighted by molar-refractivity contribution is -0.0693. The lowest BCUT2D eigenvalue weighted by Gasteiger charge is -2.57. The van der Waals surface area contributed by atoms with Crippen LogP contribution in [0.15, 0.2) is 52.2 Å². The summed E-state index contributed by atoms with van der Waals surface area (Å²) in [5, 5.41) is 0. The predicted molar refractivity (Wildman–Crippen MR) is 147 cm³/mol. The van der Waals surface area contributed by atoms with Crippen LogP contribution in [0.5, 0.6) is 0 Å². The Morgan fingerprint density at radius 2 is 1.65 bits per heavy atom. The summed E-state index contributed by atoms with van der Waals surface area (Å²) in [5.41, 5.74) is 2.65. The van der Waals surface area contributed by atoms with Crippen molar-refractivity contribution in [2.75, 3.05) is 0 Å². The van der Waals surface area contributed by atoms with E-state index < -0.39 is 0 Å². The number of pyridine rings is 1. The summed E-state index contributed by atoms with van der Waals surface area (Å²) in [6, 6.07) is 13.2. The predicted octanol–water partition coefficient (Wildman–Crippen LogP) is 5.52. The van der Waals surface area contributed by atoms with Crippen molar-refractivity contribution in [1.82, 2.24) is 19.4 Å². The minimum absolute atomic E-state index is 0.0397. The van der Waals surface area contributed by atoms with E-state index in [0.717, 1.165) is 41.8 Å². The number of nitrogens with one attached hydrogen (secondary N) is 1. The fourth-order valence-corrected chi connectivity index (χ4v) is 8.63. The van der Waals surface area contributed by atoms with Crippen LogP contribution in [0.2, 0.25) is 0 Å². The first-order chi connectivity index (χ1) is 18.0. The fraction of sp³-hybridized carbons (Fsp3) is 0.581. The van der Waals surface area contributed by atoms with Gasteiger partial charge >= 0.3 is 0 Å².